The van der Waals surface area contributed by atoms with Crippen molar-refractivity contribution >= 4 is 11.6 Å². The molecule has 4 nitrogen and oxygen atoms in total. The fourth-order valence-corrected chi connectivity index (χ4v) is 4.73. The van der Waals surface area contributed by atoms with E-state index in [0.29, 0.717) is 12.8 Å². The fourth-order valence-electron chi connectivity index (χ4n) is 4.73. The first-order chi connectivity index (χ1) is 11.3. The number of hydrogen-bond donors (Lipinski definition) is 0. The number of nitrogens with zero attached hydrogens (tertiary/aromatic N) is 3. The van der Waals surface area contributed by atoms with Gasteiger partial charge in [0.25, 0.3) is 0 Å². The zero-order chi connectivity index (χ0) is 17.1. The lowest BCUT2D eigenvalue weighted by molar-refractivity contribution is -0.124. The molecule has 0 spiro atoms. The maximum absolute atomic E-state index is 13.4. The summed E-state index contributed by atoms with van der Waals surface area (Å²) in [7, 11) is 0. The number of halogens is 1. The predicted molar refractivity (Wildman–Crippen MR) is 91.9 cm³/mol. The quantitative estimate of drug-likeness (QED) is 0.836. The Bertz CT molecular complexity index is 660. The van der Waals surface area contributed by atoms with Crippen molar-refractivity contribution in [3.8, 4) is 0 Å². The van der Waals surface area contributed by atoms with Crippen LogP contribution >= 0.6 is 0 Å². The zero-order valence-electron chi connectivity index (χ0n) is 14.8. The fraction of sp³-hybridized carbons (Fsp3) is 0.684. The molecular weight excluding hydrogens is 305 g/mol. The summed E-state index contributed by atoms with van der Waals surface area (Å²) in [6.07, 6.45) is 4.33. The van der Waals surface area contributed by atoms with E-state index >= 15 is 0 Å². The van der Waals surface area contributed by atoms with Crippen molar-refractivity contribution < 1.29 is 9.18 Å². The summed E-state index contributed by atoms with van der Waals surface area (Å²) in [5, 5.41) is 0. The van der Waals surface area contributed by atoms with E-state index in [4.69, 9.17) is 0 Å². The molecule has 0 N–H and O–H groups in total. The molecule has 1 aromatic heterocycles. The van der Waals surface area contributed by atoms with Crippen LogP contribution in [0.2, 0.25) is 0 Å². The van der Waals surface area contributed by atoms with Gasteiger partial charge in [0.1, 0.15) is 6.17 Å². The minimum Gasteiger partial charge on any atom is -0.307 e. The molecule has 1 saturated carbocycles. The van der Waals surface area contributed by atoms with Crippen molar-refractivity contribution in [3.05, 3.63) is 24.0 Å². The number of aromatic nitrogens is 1. The number of piperidine rings is 1. The second kappa shape index (κ2) is 5.25. The monoisotopic (exact) mass is 331 g/mol. The van der Waals surface area contributed by atoms with Crippen LogP contribution in [-0.2, 0) is 10.2 Å². The Hall–Kier alpha value is -1.49. The van der Waals surface area contributed by atoms with Gasteiger partial charge in [-0.1, -0.05) is 0 Å². The number of pyridine rings is 1. The Kier molecular flexibility index (Phi) is 3.50. The van der Waals surface area contributed by atoms with Crippen LogP contribution in [0.5, 0.6) is 0 Å². The highest BCUT2D eigenvalue weighted by atomic mass is 19.1. The molecular formula is C19H26FN3O. The minimum absolute atomic E-state index is 0.0974. The van der Waals surface area contributed by atoms with Crippen LogP contribution in [-0.4, -0.2) is 46.6 Å². The summed E-state index contributed by atoms with van der Waals surface area (Å²) >= 11 is 0. The number of amides is 1. The van der Waals surface area contributed by atoms with E-state index in [9.17, 15) is 9.18 Å². The third kappa shape index (κ3) is 2.20. The summed E-state index contributed by atoms with van der Waals surface area (Å²) < 4.78 is 13.4. The molecule has 1 saturated heterocycles. The van der Waals surface area contributed by atoms with Crippen LogP contribution < -0.4 is 4.90 Å². The maximum atomic E-state index is 13.4. The van der Waals surface area contributed by atoms with Gasteiger partial charge in [-0.3, -0.25) is 14.7 Å². The van der Waals surface area contributed by atoms with Crippen molar-refractivity contribution in [3.63, 3.8) is 0 Å². The molecule has 130 valence electrons. The van der Waals surface area contributed by atoms with E-state index in [2.05, 4.69) is 16.8 Å². The Morgan fingerprint density at radius 1 is 1.21 bits per heavy atom. The molecule has 1 aromatic rings. The number of alkyl halides is 1. The van der Waals surface area contributed by atoms with Crippen molar-refractivity contribution in [2.45, 2.75) is 69.6 Å². The molecule has 3 heterocycles. The first kappa shape index (κ1) is 16.0. The van der Waals surface area contributed by atoms with Gasteiger partial charge in [-0.2, -0.15) is 0 Å². The Labute approximate surface area is 143 Å². The van der Waals surface area contributed by atoms with Crippen LogP contribution in [0.25, 0.3) is 0 Å². The van der Waals surface area contributed by atoms with E-state index in [1.807, 2.05) is 30.9 Å². The topological polar surface area (TPSA) is 36.4 Å². The number of rotatable bonds is 2. The normalized spacial score (nSPS) is 33.4. The summed E-state index contributed by atoms with van der Waals surface area (Å²) in [4.78, 5) is 21.8. The van der Waals surface area contributed by atoms with Crippen LogP contribution in [0.15, 0.2) is 18.3 Å². The molecule has 0 bridgehead atoms. The molecule has 5 heteroatoms. The van der Waals surface area contributed by atoms with Gasteiger partial charge in [-0.25, -0.2) is 4.39 Å². The smallest absolute Gasteiger partial charge is 0.239 e. The predicted octanol–water partition coefficient (Wildman–Crippen LogP) is 3.06. The highest BCUT2D eigenvalue weighted by Crippen LogP contribution is 2.48. The molecule has 2 aliphatic heterocycles. The molecule has 3 aliphatic rings. The highest BCUT2D eigenvalue weighted by Gasteiger charge is 2.54. The van der Waals surface area contributed by atoms with E-state index in [-0.39, 0.29) is 17.5 Å². The summed E-state index contributed by atoms with van der Waals surface area (Å²) in [5.41, 5.74) is 1.42. The summed E-state index contributed by atoms with van der Waals surface area (Å²) in [6.45, 7) is 7.86. The van der Waals surface area contributed by atoms with E-state index < -0.39 is 11.6 Å². The van der Waals surface area contributed by atoms with Crippen LogP contribution in [0.1, 0.15) is 52.1 Å². The zero-order valence-corrected chi connectivity index (χ0v) is 14.8. The van der Waals surface area contributed by atoms with Gasteiger partial charge >= 0.3 is 0 Å². The lowest BCUT2D eigenvalue weighted by atomic mass is 9.71. The van der Waals surface area contributed by atoms with Gasteiger partial charge in [0, 0.05) is 30.9 Å². The highest BCUT2D eigenvalue weighted by molar-refractivity contribution is 6.07. The van der Waals surface area contributed by atoms with Crippen molar-refractivity contribution in [1.82, 2.24) is 9.88 Å². The third-order valence-electron chi connectivity index (χ3n) is 6.30. The molecule has 2 fully saturated rings. The van der Waals surface area contributed by atoms with Crippen LogP contribution in [0, 0.1) is 0 Å². The molecule has 1 amide bonds. The molecule has 1 aliphatic carbocycles. The standard InChI is InChI=1S/C19H26FN3O/c1-18(2)16-15(5-4-8-21-16)23(17(18)24)14-11-19(3,12-14)22-9-6-13(20)7-10-22/h4-5,8,13-14H,6-7,9-12H2,1-3H3. The molecule has 0 aromatic carbocycles. The molecule has 24 heavy (non-hydrogen) atoms. The Morgan fingerprint density at radius 3 is 2.54 bits per heavy atom. The van der Waals surface area contributed by atoms with E-state index in [1.54, 1.807) is 6.20 Å². The first-order valence-corrected chi connectivity index (χ1v) is 9.01. The number of carbonyl (C=O) groups excluding carboxylic acids is 1. The van der Waals surface area contributed by atoms with Crippen molar-refractivity contribution in [2.75, 3.05) is 18.0 Å². The van der Waals surface area contributed by atoms with Gasteiger partial charge < -0.3 is 4.90 Å². The Morgan fingerprint density at radius 2 is 1.88 bits per heavy atom. The number of fused-ring (bicyclic) bond motifs is 1. The molecule has 0 atom stereocenters. The van der Waals surface area contributed by atoms with Gasteiger partial charge in [0.15, 0.2) is 0 Å². The molecule has 0 unspecified atom stereocenters. The second-order valence-electron chi connectivity index (χ2n) is 8.39. The van der Waals surface area contributed by atoms with Gasteiger partial charge in [0.2, 0.25) is 5.91 Å². The molecule has 4 rings (SSSR count). The average molecular weight is 331 g/mol. The maximum Gasteiger partial charge on any atom is 0.239 e. The largest absolute Gasteiger partial charge is 0.307 e. The lowest BCUT2D eigenvalue weighted by Crippen LogP contribution is -2.64. The van der Waals surface area contributed by atoms with Crippen molar-refractivity contribution in [2.24, 2.45) is 0 Å². The van der Waals surface area contributed by atoms with Gasteiger partial charge in [-0.05, 0) is 58.6 Å². The van der Waals surface area contributed by atoms with Gasteiger partial charge in [-0.15, -0.1) is 0 Å². The first-order valence-electron chi connectivity index (χ1n) is 9.01. The molecule has 0 radical (unpaired) electrons. The van der Waals surface area contributed by atoms with E-state index in [1.165, 1.54) is 0 Å². The third-order valence-corrected chi connectivity index (χ3v) is 6.30. The van der Waals surface area contributed by atoms with E-state index in [0.717, 1.165) is 37.3 Å². The number of likely N-dealkylation sites (tertiary alicyclic amines) is 1. The second-order valence-corrected chi connectivity index (χ2v) is 8.39. The number of hydrogen-bond acceptors (Lipinski definition) is 3. The van der Waals surface area contributed by atoms with Gasteiger partial charge in [0.05, 0.1) is 16.8 Å². The number of carbonyl (C=O) groups is 1. The average Bonchev–Trinajstić information content (AvgIpc) is 2.73. The SMILES string of the molecule is CC1(C)C(=O)N(C2CC(C)(N3CCC(F)CC3)C2)c2cccnc21. The van der Waals surface area contributed by atoms with Crippen LogP contribution in [0.3, 0.4) is 0 Å². The summed E-state index contributed by atoms with van der Waals surface area (Å²) in [6, 6.07) is 4.15. The van der Waals surface area contributed by atoms with Crippen molar-refractivity contribution in [1.29, 1.82) is 0 Å². The number of anilines is 1. The minimum atomic E-state index is -0.639. The van der Waals surface area contributed by atoms with Crippen LogP contribution in [0.4, 0.5) is 10.1 Å². The Balaban J connectivity index is 1.52. The lowest BCUT2D eigenvalue weighted by Gasteiger charge is -2.56. The summed E-state index contributed by atoms with van der Waals surface area (Å²) in [5.74, 6) is 0.158.